The van der Waals surface area contributed by atoms with E-state index in [0.29, 0.717) is 12.1 Å². The molecule has 0 saturated carbocycles. The Morgan fingerprint density at radius 3 is 2.56 bits per heavy atom. The molecule has 108 valence electrons. The third-order valence-electron chi connectivity index (χ3n) is 4.04. The first kappa shape index (κ1) is 15.9. The molecule has 0 aromatic rings. The van der Waals surface area contributed by atoms with Crippen molar-refractivity contribution in [2.75, 3.05) is 32.8 Å². The van der Waals surface area contributed by atoms with Gasteiger partial charge in [0.1, 0.15) is 0 Å². The number of nitrogens with two attached hydrogens (primary N) is 1. The fourth-order valence-corrected chi connectivity index (χ4v) is 2.51. The zero-order valence-electron chi connectivity index (χ0n) is 12.4. The lowest BCUT2D eigenvalue weighted by atomic mass is 10.1. The van der Waals surface area contributed by atoms with Crippen LogP contribution in [0.4, 0.5) is 0 Å². The van der Waals surface area contributed by atoms with E-state index in [1.807, 2.05) is 5.01 Å². The second kappa shape index (κ2) is 8.86. The maximum absolute atomic E-state index is 5.93. The average molecular weight is 257 g/mol. The lowest BCUT2D eigenvalue weighted by molar-refractivity contribution is 0.00284. The number of hydrogen-bond donors (Lipinski definition) is 1. The number of rotatable bonds is 8. The Balaban J connectivity index is 2.07. The third kappa shape index (κ3) is 5.65. The SMILES string of the molecule is CCC(C)N(CC)CCCOC1CCN(N)CC1. The highest BCUT2D eigenvalue weighted by Crippen LogP contribution is 2.11. The van der Waals surface area contributed by atoms with Gasteiger partial charge in [0, 0.05) is 32.3 Å². The van der Waals surface area contributed by atoms with Crippen molar-refractivity contribution in [2.45, 2.75) is 58.6 Å². The standard InChI is InChI=1S/C14H31N3O/c1-4-13(3)16(5-2)9-6-12-18-14-7-10-17(15)11-8-14/h13-14H,4-12,15H2,1-3H3. The van der Waals surface area contributed by atoms with Gasteiger partial charge in [-0.25, -0.2) is 5.01 Å². The third-order valence-corrected chi connectivity index (χ3v) is 4.04. The summed E-state index contributed by atoms with van der Waals surface area (Å²) < 4.78 is 5.93. The molecule has 1 atom stereocenters. The highest BCUT2D eigenvalue weighted by atomic mass is 16.5. The Labute approximate surface area is 112 Å². The Kier molecular flexibility index (Phi) is 7.82. The van der Waals surface area contributed by atoms with Crippen molar-refractivity contribution in [3.63, 3.8) is 0 Å². The summed E-state index contributed by atoms with van der Waals surface area (Å²) in [6, 6.07) is 0.690. The second-order valence-corrected chi connectivity index (χ2v) is 5.35. The predicted molar refractivity (Wildman–Crippen MR) is 76.4 cm³/mol. The number of nitrogens with zero attached hydrogens (tertiary/aromatic N) is 2. The van der Waals surface area contributed by atoms with Crippen LogP contribution in [0.3, 0.4) is 0 Å². The second-order valence-electron chi connectivity index (χ2n) is 5.35. The van der Waals surface area contributed by atoms with Gasteiger partial charge in [-0.15, -0.1) is 0 Å². The van der Waals surface area contributed by atoms with Gasteiger partial charge >= 0.3 is 0 Å². The van der Waals surface area contributed by atoms with E-state index in [-0.39, 0.29) is 0 Å². The monoisotopic (exact) mass is 257 g/mol. The fraction of sp³-hybridized carbons (Fsp3) is 1.00. The summed E-state index contributed by atoms with van der Waals surface area (Å²) in [5, 5.41) is 1.89. The van der Waals surface area contributed by atoms with Crippen molar-refractivity contribution in [3.05, 3.63) is 0 Å². The normalized spacial score (nSPS) is 20.5. The van der Waals surface area contributed by atoms with Crippen molar-refractivity contribution in [1.82, 2.24) is 9.91 Å². The van der Waals surface area contributed by atoms with Crippen molar-refractivity contribution in [3.8, 4) is 0 Å². The van der Waals surface area contributed by atoms with Gasteiger partial charge in [0.2, 0.25) is 0 Å². The summed E-state index contributed by atoms with van der Waals surface area (Å²) in [5.74, 6) is 5.73. The molecule has 0 aromatic heterocycles. The van der Waals surface area contributed by atoms with Crippen molar-refractivity contribution < 1.29 is 4.74 Å². The summed E-state index contributed by atoms with van der Waals surface area (Å²) in [6.45, 7) is 11.9. The number of hydrogen-bond acceptors (Lipinski definition) is 4. The number of hydrazine groups is 1. The fourth-order valence-electron chi connectivity index (χ4n) is 2.51. The minimum atomic E-state index is 0.434. The maximum Gasteiger partial charge on any atom is 0.0600 e. The van der Waals surface area contributed by atoms with Crippen LogP contribution < -0.4 is 5.84 Å². The van der Waals surface area contributed by atoms with E-state index in [1.165, 1.54) is 6.42 Å². The molecule has 18 heavy (non-hydrogen) atoms. The van der Waals surface area contributed by atoms with E-state index in [0.717, 1.165) is 52.0 Å². The van der Waals surface area contributed by atoms with Crippen molar-refractivity contribution >= 4 is 0 Å². The van der Waals surface area contributed by atoms with Crippen LogP contribution in [0.25, 0.3) is 0 Å². The Morgan fingerprint density at radius 2 is 2.00 bits per heavy atom. The minimum absolute atomic E-state index is 0.434. The molecule has 1 rings (SSSR count). The average Bonchev–Trinajstić information content (AvgIpc) is 2.40. The van der Waals surface area contributed by atoms with Crippen LogP contribution in [0, 0.1) is 0 Å². The summed E-state index contributed by atoms with van der Waals surface area (Å²) in [5.41, 5.74) is 0. The Morgan fingerprint density at radius 1 is 1.33 bits per heavy atom. The first-order valence-electron chi connectivity index (χ1n) is 7.52. The van der Waals surface area contributed by atoms with Crippen molar-refractivity contribution in [1.29, 1.82) is 0 Å². The number of piperidine rings is 1. The summed E-state index contributed by atoms with van der Waals surface area (Å²) in [7, 11) is 0. The van der Waals surface area contributed by atoms with Gasteiger partial charge in [0.25, 0.3) is 0 Å². The topological polar surface area (TPSA) is 41.7 Å². The molecule has 0 aromatic carbocycles. The summed E-state index contributed by atoms with van der Waals surface area (Å²) >= 11 is 0. The minimum Gasteiger partial charge on any atom is -0.378 e. The Bertz CT molecular complexity index is 205. The van der Waals surface area contributed by atoms with Gasteiger partial charge in [0.05, 0.1) is 6.10 Å². The lowest BCUT2D eigenvalue weighted by Gasteiger charge is -2.29. The highest BCUT2D eigenvalue weighted by molar-refractivity contribution is 4.69. The van der Waals surface area contributed by atoms with E-state index in [4.69, 9.17) is 10.6 Å². The predicted octanol–water partition coefficient (Wildman–Crippen LogP) is 1.85. The van der Waals surface area contributed by atoms with Crippen LogP contribution >= 0.6 is 0 Å². The van der Waals surface area contributed by atoms with Crippen LogP contribution in [0.1, 0.15) is 46.5 Å². The Hall–Kier alpha value is -0.160. The van der Waals surface area contributed by atoms with Crippen LogP contribution in [-0.4, -0.2) is 54.8 Å². The summed E-state index contributed by atoms with van der Waals surface area (Å²) in [4.78, 5) is 2.53. The molecule has 1 heterocycles. The molecular formula is C14H31N3O. The van der Waals surface area contributed by atoms with Gasteiger partial charge in [0.15, 0.2) is 0 Å². The van der Waals surface area contributed by atoms with Crippen LogP contribution in [0.5, 0.6) is 0 Å². The van der Waals surface area contributed by atoms with E-state index < -0.39 is 0 Å². The molecule has 4 heteroatoms. The molecule has 1 aliphatic rings. The highest BCUT2D eigenvalue weighted by Gasteiger charge is 2.17. The molecule has 1 saturated heterocycles. The maximum atomic E-state index is 5.93. The van der Waals surface area contributed by atoms with Crippen molar-refractivity contribution in [2.24, 2.45) is 5.84 Å². The molecule has 2 N–H and O–H groups in total. The quantitative estimate of drug-likeness (QED) is 0.532. The molecule has 0 radical (unpaired) electrons. The van der Waals surface area contributed by atoms with E-state index >= 15 is 0 Å². The number of ether oxygens (including phenoxy) is 1. The molecule has 0 aliphatic carbocycles. The largest absolute Gasteiger partial charge is 0.378 e. The first-order chi connectivity index (χ1) is 8.67. The zero-order chi connectivity index (χ0) is 13.4. The van der Waals surface area contributed by atoms with Crippen LogP contribution in [0.15, 0.2) is 0 Å². The molecule has 0 amide bonds. The van der Waals surface area contributed by atoms with Crippen LogP contribution in [0.2, 0.25) is 0 Å². The first-order valence-corrected chi connectivity index (χ1v) is 7.52. The molecule has 1 unspecified atom stereocenters. The van der Waals surface area contributed by atoms with E-state index in [1.54, 1.807) is 0 Å². The molecule has 0 spiro atoms. The molecule has 4 nitrogen and oxygen atoms in total. The molecule has 0 bridgehead atoms. The van der Waals surface area contributed by atoms with E-state index in [9.17, 15) is 0 Å². The zero-order valence-corrected chi connectivity index (χ0v) is 12.4. The van der Waals surface area contributed by atoms with Gasteiger partial charge in [-0.1, -0.05) is 13.8 Å². The van der Waals surface area contributed by atoms with Gasteiger partial charge in [-0.2, -0.15) is 0 Å². The summed E-state index contributed by atoms with van der Waals surface area (Å²) in [6.07, 6.45) is 4.96. The van der Waals surface area contributed by atoms with Gasteiger partial charge < -0.3 is 9.64 Å². The molecule has 1 fully saturated rings. The molecule has 1 aliphatic heterocycles. The molecular weight excluding hydrogens is 226 g/mol. The van der Waals surface area contributed by atoms with Gasteiger partial charge in [-0.3, -0.25) is 5.84 Å². The van der Waals surface area contributed by atoms with Gasteiger partial charge in [-0.05, 0) is 39.2 Å². The van der Waals surface area contributed by atoms with Crippen LogP contribution in [-0.2, 0) is 4.74 Å². The lowest BCUT2D eigenvalue weighted by Crippen LogP contribution is -2.41. The smallest absolute Gasteiger partial charge is 0.0600 e. The van der Waals surface area contributed by atoms with E-state index in [2.05, 4.69) is 25.7 Å².